The molecule has 0 radical (unpaired) electrons. The number of aryl methyl sites for hydroxylation is 2. The van der Waals surface area contributed by atoms with Crippen molar-refractivity contribution in [3.05, 3.63) is 41.0 Å². The summed E-state index contributed by atoms with van der Waals surface area (Å²) in [4.78, 5) is 17.8. The molecule has 25 heavy (non-hydrogen) atoms. The molecule has 0 fully saturated rings. The van der Waals surface area contributed by atoms with Crippen molar-refractivity contribution in [3.63, 3.8) is 0 Å². The maximum atomic E-state index is 13.0. The van der Waals surface area contributed by atoms with E-state index < -0.39 is 17.8 Å². The van der Waals surface area contributed by atoms with Crippen LogP contribution >= 0.6 is 0 Å². The highest BCUT2D eigenvalue weighted by atomic mass is 19.4. The fourth-order valence-electron chi connectivity index (χ4n) is 2.79. The lowest BCUT2D eigenvalue weighted by Gasteiger charge is -2.20. The van der Waals surface area contributed by atoms with E-state index in [0.717, 1.165) is 23.1 Å². The third-order valence-corrected chi connectivity index (χ3v) is 3.94. The first kappa shape index (κ1) is 17.2. The van der Waals surface area contributed by atoms with E-state index in [-0.39, 0.29) is 17.8 Å². The summed E-state index contributed by atoms with van der Waals surface area (Å²) in [6.07, 6.45) is -0.183. The Morgan fingerprint density at radius 2 is 2.20 bits per heavy atom. The van der Waals surface area contributed by atoms with E-state index in [1.165, 1.54) is 31.4 Å². The number of alkyl halides is 3. The number of halogens is 3. The zero-order valence-corrected chi connectivity index (χ0v) is 13.8. The van der Waals surface area contributed by atoms with Crippen molar-refractivity contribution < 1.29 is 22.7 Å². The average molecular weight is 354 g/mol. The van der Waals surface area contributed by atoms with Crippen LogP contribution in [0.4, 0.5) is 13.2 Å². The van der Waals surface area contributed by atoms with Gasteiger partial charge in [0.05, 0.1) is 12.8 Å². The van der Waals surface area contributed by atoms with Crippen LogP contribution in [0.1, 0.15) is 33.7 Å². The number of fused-ring (bicyclic) bond motifs is 1. The Balaban J connectivity index is 1.80. The van der Waals surface area contributed by atoms with Gasteiger partial charge in [0.2, 0.25) is 0 Å². The fraction of sp³-hybridized carbons (Fsp3) is 0.438. The molecule has 9 heteroatoms. The summed E-state index contributed by atoms with van der Waals surface area (Å²) < 4.78 is 45.6. The van der Waals surface area contributed by atoms with E-state index in [1.807, 2.05) is 0 Å². The van der Waals surface area contributed by atoms with Gasteiger partial charge in [-0.2, -0.15) is 18.3 Å². The average Bonchev–Trinajstić information content (AvgIpc) is 2.94. The van der Waals surface area contributed by atoms with Crippen LogP contribution in [0, 0.1) is 0 Å². The van der Waals surface area contributed by atoms with E-state index in [0.29, 0.717) is 12.4 Å². The molecule has 2 aromatic rings. The molecule has 134 valence electrons. The van der Waals surface area contributed by atoms with Crippen LogP contribution in [-0.2, 0) is 26.2 Å². The van der Waals surface area contributed by atoms with Crippen LogP contribution in [0.25, 0.3) is 0 Å². The lowest BCUT2D eigenvalue weighted by molar-refractivity contribution is -0.142. The molecule has 0 atom stereocenters. The van der Waals surface area contributed by atoms with Gasteiger partial charge in [0.15, 0.2) is 5.69 Å². The van der Waals surface area contributed by atoms with Gasteiger partial charge >= 0.3 is 6.18 Å². The van der Waals surface area contributed by atoms with Gasteiger partial charge in [0.1, 0.15) is 11.4 Å². The van der Waals surface area contributed by atoms with Crippen molar-refractivity contribution in [2.45, 2.75) is 25.6 Å². The van der Waals surface area contributed by atoms with Gasteiger partial charge in [-0.1, -0.05) is 0 Å². The molecule has 0 bridgehead atoms. The summed E-state index contributed by atoms with van der Waals surface area (Å²) in [6.45, 7) is 0.403. The van der Waals surface area contributed by atoms with Crippen LogP contribution in [0.5, 0.6) is 5.75 Å². The normalized spacial score (nSPS) is 14.0. The molecule has 0 saturated heterocycles. The lowest BCUT2D eigenvalue weighted by Crippen LogP contribution is -2.28. The quantitative estimate of drug-likeness (QED) is 0.849. The van der Waals surface area contributed by atoms with Gasteiger partial charge in [-0.25, -0.2) is 4.98 Å². The summed E-state index contributed by atoms with van der Waals surface area (Å²) in [7, 11) is 2.85. The molecule has 1 aliphatic rings. The highest BCUT2D eigenvalue weighted by Crippen LogP contribution is 2.31. The van der Waals surface area contributed by atoms with Crippen molar-refractivity contribution >= 4 is 5.91 Å². The van der Waals surface area contributed by atoms with E-state index in [2.05, 4.69) is 10.1 Å². The van der Waals surface area contributed by atoms with Crippen molar-refractivity contribution in [2.75, 3.05) is 13.7 Å². The Morgan fingerprint density at radius 3 is 2.92 bits per heavy atom. The molecular formula is C16H17F3N4O2. The number of rotatable bonds is 3. The largest absolute Gasteiger partial charge is 0.492 e. The predicted octanol–water partition coefficient (Wildman–Crippen LogP) is 2.43. The Hall–Kier alpha value is -2.58. The Kier molecular flexibility index (Phi) is 4.40. The van der Waals surface area contributed by atoms with Gasteiger partial charge in [-0.3, -0.25) is 9.48 Å². The first-order valence-corrected chi connectivity index (χ1v) is 7.72. The second kappa shape index (κ2) is 6.38. The summed E-state index contributed by atoms with van der Waals surface area (Å²) >= 11 is 0. The van der Waals surface area contributed by atoms with Crippen LogP contribution in [-0.4, -0.2) is 39.2 Å². The first-order chi connectivity index (χ1) is 11.8. The van der Waals surface area contributed by atoms with Crippen molar-refractivity contribution in [1.82, 2.24) is 19.7 Å². The topological polar surface area (TPSA) is 60.2 Å². The highest BCUT2D eigenvalue weighted by molar-refractivity contribution is 5.92. The van der Waals surface area contributed by atoms with E-state index in [1.54, 1.807) is 6.07 Å². The number of hydrogen-bond donors (Lipinski definition) is 0. The minimum absolute atomic E-state index is 0.0628. The molecule has 3 rings (SSSR count). The molecule has 2 aromatic heterocycles. The molecule has 0 unspecified atom stereocenters. The monoisotopic (exact) mass is 354 g/mol. The molecule has 0 aliphatic carbocycles. The summed E-state index contributed by atoms with van der Waals surface area (Å²) in [5.74, 6) is 0.197. The van der Waals surface area contributed by atoms with Crippen LogP contribution in [0.15, 0.2) is 18.5 Å². The number of amides is 1. The maximum absolute atomic E-state index is 13.0. The molecule has 6 nitrogen and oxygen atoms in total. The molecule has 1 amide bonds. The van der Waals surface area contributed by atoms with E-state index in [9.17, 15) is 18.0 Å². The minimum Gasteiger partial charge on any atom is -0.492 e. The second-order valence-electron chi connectivity index (χ2n) is 5.96. The number of carbonyl (C=O) groups excluding carboxylic acids is 1. The minimum atomic E-state index is -4.57. The molecule has 0 N–H and O–H groups in total. The Bertz CT molecular complexity index is 801. The molecule has 0 saturated carbocycles. The van der Waals surface area contributed by atoms with Crippen molar-refractivity contribution in [3.8, 4) is 5.75 Å². The summed E-state index contributed by atoms with van der Waals surface area (Å²) in [5.41, 5.74) is 0.0214. The fourth-order valence-corrected chi connectivity index (χ4v) is 2.79. The molecule has 3 heterocycles. The highest BCUT2D eigenvalue weighted by Gasteiger charge is 2.37. The molecule has 0 aromatic carbocycles. The molecule has 0 spiro atoms. The zero-order chi connectivity index (χ0) is 18.2. The van der Waals surface area contributed by atoms with Gasteiger partial charge < -0.3 is 9.64 Å². The van der Waals surface area contributed by atoms with Crippen LogP contribution < -0.4 is 4.74 Å². The van der Waals surface area contributed by atoms with Gasteiger partial charge in [0.25, 0.3) is 5.91 Å². The SMILES string of the molecule is CN(Cc1cn(C)nc1C(F)(F)F)C(=O)c1cc2c(cn1)OCCC2. The second-order valence-corrected chi connectivity index (χ2v) is 5.96. The number of ether oxygens (including phenoxy) is 1. The number of hydrogen-bond acceptors (Lipinski definition) is 4. The number of carbonyl (C=O) groups is 1. The van der Waals surface area contributed by atoms with Crippen LogP contribution in [0.3, 0.4) is 0 Å². The number of aromatic nitrogens is 3. The van der Waals surface area contributed by atoms with Gasteiger partial charge in [0, 0.05) is 32.4 Å². The smallest absolute Gasteiger partial charge is 0.435 e. The zero-order valence-electron chi connectivity index (χ0n) is 13.8. The standard InChI is InChI=1S/C16H17F3N4O2/c1-22(8-11-9-23(2)21-14(11)16(17,18)19)15(24)12-6-10-4-3-5-25-13(10)7-20-12/h6-7,9H,3-5,8H2,1-2H3. The lowest BCUT2D eigenvalue weighted by atomic mass is 10.1. The summed E-state index contributed by atoms with van der Waals surface area (Å²) in [5, 5.41) is 3.45. The van der Waals surface area contributed by atoms with Gasteiger partial charge in [-0.15, -0.1) is 0 Å². The maximum Gasteiger partial charge on any atom is 0.435 e. The Labute approximate surface area is 142 Å². The predicted molar refractivity (Wildman–Crippen MR) is 82.1 cm³/mol. The Morgan fingerprint density at radius 1 is 1.44 bits per heavy atom. The van der Waals surface area contributed by atoms with Gasteiger partial charge in [-0.05, 0) is 24.5 Å². The first-order valence-electron chi connectivity index (χ1n) is 7.72. The summed E-state index contributed by atoms with van der Waals surface area (Å²) in [6, 6.07) is 1.64. The number of pyridine rings is 1. The molecular weight excluding hydrogens is 337 g/mol. The third-order valence-electron chi connectivity index (χ3n) is 3.94. The van der Waals surface area contributed by atoms with Crippen LogP contribution in [0.2, 0.25) is 0 Å². The number of nitrogens with zero attached hydrogens (tertiary/aromatic N) is 4. The van der Waals surface area contributed by atoms with Crippen molar-refractivity contribution in [2.24, 2.45) is 7.05 Å². The van der Waals surface area contributed by atoms with Crippen molar-refractivity contribution in [1.29, 1.82) is 0 Å². The molecule has 1 aliphatic heterocycles. The van der Waals surface area contributed by atoms with E-state index >= 15 is 0 Å². The van der Waals surface area contributed by atoms with E-state index in [4.69, 9.17) is 4.74 Å². The third kappa shape index (κ3) is 3.59.